The van der Waals surface area contributed by atoms with E-state index in [0.29, 0.717) is 17.9 Å². The van der Waals surface area contributed by atoms with Gasteiger partial charge in [-0.2, -0.15) is 0 Å². The van der Waals surface area contributed by atoms with Gasteiger partial charge in [0.15, 0.2) is 0 Å². The van der Waals surface area contributed by atoms with Crippen molar-refractivity contribution in [1.29, 1.82) is 0 Å². The van der Waals surface area contributed by atoms with Crippen molar-refractivity contribution in [2.75, 3.05) is 7.11 Å². The molecule has 3 aromatic carbocycles. The third kappa shape index (κ3) is 4.29. The molecule has 0 atom stereocenters. The average Bonchev–Trinajstić information content (AvgIpc) is 3.43. The first-order valence-corrected chi connectivity index (χ1v) is 11.9. The van der Waals surface area contributed by atoms with Crippen LogP contribution in [-0.2, 0) is 19.4 Å². The molecule has 0 unspecified atom stereocenters. The highest BCUT2D eigenvalue weighted by molar-refractivity contribution is 5.85. The average molecular weight is 443 g/mol. The van der Waals surface area contributed by atoms with E-state index in [4.69, 9.17) is 9.47 Å². The summed E-state index contributed by atoms with van der Waals surface area (Å²) in [5, 5.41) is 0. The fraction of sp³-hybridized carbons (Fsp3) is 0.333. The second-order valence-electron chi connectivity index (χ2n) is 9.84. The maximum Gasteiger partial charge on any atom is 0.131 e. The van der Waals surface area contributed by atoms with Gasteiger partial charge in [0.25, 0.3) is 0 Å². The number of hydrogen-bond acceptors (Lipinski definition) is 2. The molecule has 0 radical (unpaired) electrons. The number of allylic oxidation sites excluding steroid dienone is 2. The van der Waals surface area contributed by atoms with Gasteiger partial charge in [-0.05, 0) is 107 Å². The van der Waals surface area contributed by atoms with Crippen LogP contribution in [0.1, 0.15) is 55.4 Å². The molecule has 0 aliphatic heterocycles. The maximum atomic E-state index is 14.9. The van der Waals surface area contributed by atoms with Gasteiger partial charge in [0.05, 0.1) is 7.11 Å². The van der Waals surface area contributed by atoms with E-state index < -0.39 is 0 Å². The van der Waals surface area contributed by atoms with Crippen molar-refractivity contribution >= 4 is 5.57 Å². The van der Waals surface area contributed by atoms with Gasteiger partial charge in [-0.25, -0.2) is 4.39 Å². The Labute approximate surface area is 196 Å². The molecule has 5 rings (SSSR count). The van der Waals surface area contributed by atoms with Crippen molar-refractivity contribution in [2.24, 2.45) is 5.41 Å². The summed E-state index contributed by atoms with van der Waals surface area (Å²) in [5.41, 5.74) is 7.82. The van der Waals surface area contributed by atoms with Crippen molar-refractivity contribution in [3.63, 3.8) is 0 Å². The Balaban J connectivity index is 1.50. The molecule has 0 spiro atoms. The summed E-state index contributed by atoms with van der Waals surface area (Å²) in [6, 6.07) is 17.7. The fourth-order valence-electron chi connectivity index (χ4n) is 5.24. The minimum absolute atomic E-state index is 0.0452. The molecule has 33 heavy (non-hydrogen) atoms. The van der Waals surface area contributed by atoms with Crippen molar-refractivity contribution in [3.05, 3.63) is 88.7 Å². The van der Waals surface area contributed by atoms with E-state index in [1.54, 1.807) is 19.2 Å². The van der Waals surface area contributed by atoms with Gasteiger partial charge in [-0.15, -0.1) is 0 Å². The normalized spacial score (nSPS) is 16.4. The molecule has 0 heterocycles. The van der Waals surface area contributed by atoms with Crippen LogP contribution >= 0.6 is 0 Å². The van der Waals surface area contributed by atoms with Crippen LogP contribution in [0.15, 0.2) is 60.7 Å². The summed E-state index contributed by atoms with van der Waals surface area (Å²) in [5.74, 6) is 1.33. The summed E-state index contributed by atoms with van der Waals surface area (Å²) in [7, 11) is 1.61. The van der Waals surface area contributed by atoms with E-state index in [1.165, 1.54) is 35.6 Å². The molecule has 2 nitrogen and oxygen atoms in total. The Morgan fingerprint density at radius 2 is 1.67 bits per heavy atom. The van der Waals surface area contributed by atoms with Gasteiger partial charge in [0.2, 0.25) is 0 Å². The predicted molar refractivity (Wildman–Crippen MR) is 132 cm³/mol. The van der Waals surface area contributed by atoms with E-state index in [-0.39, 0.29) is 11.2 Å². The number of halogens is 1. The summed E-state index contributed by atoms with van der Waals surface area (Å²) >= 11 is 0. The lowest BCUT2D eigenvalue weighted by Gasteiger charge is -2.25. The molecule has 0 amide bonds. The van der Waals surface area contributed by atoms with Crippen LogP contribution in [-0.4, -0.2) is 7.11 Å². The minimum atomic E-state index is -0.240. The zero-order valence-corrected chi connectivity index (χ0v) is 19.7. The van der Waals surface area contributed by atoms with E-state index >= 15 is 0 Å². The summed E-state index contributed by atoms with van der Waals surface area (Å²) in [6.45, 7) is 5.02. The molecule has 3 heteroatoms. The monoisotopic (exact) mass is 442 g/mol. The number of rotatable bonds is 6. The van der Waals surface area contributed by atoms with Gasteiger partial charge >= 0.3 is 0 Å². The lowest BCUT2D eigenvalue weighted by molar-refractivity contribution is 0.306. The van der Waals surface area contributed by atoms with E-state index in [0.717, 1.165) is 41.7 Å². The van der Waals surface area contributed by atoms with Crippen LogP contribution in [0, 0.1) is 11.2 Å². The Morgan fingerprint density at radius 3 is 2.45 bits per heavy atom. The number of methoxy groups -OCH3 is 1. The summed E-state index contributed by atoms with van der Waals surface area (Å²) in [4.78, 5) is 0. The molecule has 2 aliphatic rings. The number of ether oxygens (including phenoxy) is 2. The first-order chi connectivity index (χ1) is 15.9. The van der Waals surface area contributed by atoms with Crippen molar-refractivity contribution in [2.45, 2.75) is 52.6 Å². The highest BCUT2D eigenvalue weighted by Gasteiger charge is 2.30. The van der Waals surface area contributed by atoms with Gasteiger partial charge in [-0.3, -0.25) is 0 Å². The molecule has 0 aromatic heterocycles. The Bertz CT molecular complexity index is 1220. The first-order valence-electron chi connectivity index (χ1n) is 11.9. The van der Waals surface area contributed by atoms with Crippen LogP contribution < -0.4 is 9.47 Å². The van der Waals surface area contributed by atoms with Gasteiger partial charge in [-0.1, -0.05) is 38.1 Å². The van der Waals surface area contributed by atoms with Gasteiger partial charge in [0.1, 0.15) is 23.9 Å². The summed E-state index contributed by atoms with van der Waals surface area (Å²) in [6.07, 6.45) is 7.99. The van der Waals surface area contributed by atoms with Crippen LogP contribution in [0.25, 0.3) is 16.7 Å². The SMILES string of the molecule is COc1ccc(F)c(-c2ccc(COc3ccc4c(c3)CCC4)cc2C2=CCCC2(C)C)c1. The summed E-state index contributed by atoms with van der Waals surface area (Å²) < 4.78 is 26.5. The highest BCUT2D eigenvalue weighted by atomic mass is 19.1. The van der Waals surface area contributed by atoms with Crippen molar-refractivity contribution in [1.82, 2.24) is 0 Å². The third-order valence-electron chi connectivity index (χ3n) is 7.16. The molecule has 0 bridgehead atoms. The number of fused-ring (bicyclic) bond motifs is 1. The topological polar surface area (TPSA) is 18.5 Å². The molecular formula is C30H31FO2. The molecular weight excluding hydrogens is 411 g/mol. The standard InChI is InChI=1S/C30H31FO2/c1-30(2)15-5-8-28(30)26-16-20(19-33-24-11-10-21-6-4-7-22(21)17-24)9-13-25(26)27-18-23(32-3)12-14-29(27)31/h8-14,16-18H,4-7,15,19H2,1-3H3. The second-order valence-corrected chi connectivity index (χ2v) is 9.84. The quantitative estimate of drug-likeness (QED) is 0.388. The Hall–Kier alpha value is -3.07. The number of benzene rings is 3. The molecule has 170 valence electrons. The molecule has 2 aliphatic carbocycles. The maximum absolute atomic E-state index is 14.9. The van der Waals surface area contributed by atoms with Gasteiger partial charge in [0, 0.05) is 5.56 Å². The fourth-order valence-corrected chi connectivity index (χ4v) is 5.24. The van der Waals surface area contributed by atoms with Crippen molar-refractivity contribution < 1.29 is 13.9 Å². The minimum Gasteiger partial charge on any atom is -0.497 e. The number of hydrogen-bond donors (Lipinski definition) is 0. The van der Waals surface area contributed by atoms with Crippen molar-refractivity contribution in [3.8, 4) is 22.6 Å². The second kappa shape index (κ2) is 8.70. The Kier molecular flexibility index (Phi) is 5.74. The molecule has 0 fully saturated rings. The lowest BCUT2D eigenvalue weighted by Crippen LogP contribution is -2.10. The van der Waals surface area contributed by atoms with Crippen LogP contribution in [0.5, 0.6) is 11.5 Å². The largest absolute Gasteiger partial charge is 0.497 e. The van der Waals surface area contributed by atoms with Crippen LogP contribution in [0.2, 0.25) is 0 Å². The molecule has 3 aromatic rings. The van der Waals surface area contributed by atoms with E-state index in [9.17, 15) is 4.39 Å². The molecule has 0 saturated carbocycles. The lowest BCUT2D eigenvalue weighted by atomic mass is 9.79. The predicted octanol–water partition coefficient (Wildman–Crippen LogP) is 7.77. The Morgan fingerprint density at radius 1 is 0.848 bits per heavy atom. The molecule has 0 saturated heterocycles. The van der Waals surface area contributed by atoms with Crippen LogP contribution in [0.4, 0.5) is 4.39 Å². The highest BCUT2D eigenvalue weighted by Crippen LogP contribution is 2.47. The van der Waals surface area contributed by atoms with Gasteiger partial charge < -0.3 is 9.47 Å². The van der Waals surface area contributed by atoms with E-state index in [1.807, 2.05) is 12.1 Å². The zero-order chi connectivity index (χ0) is 23.0. The van der Waals surface area contributed by atoms with E-state index in [2.05, 4.69) is 44.2 Å². The third-order valence-corrected chi connectivity index (χ3v) is 7.16. The zero-order valence-electron chi connectivity index (χ0n) is 19.7. The number of aryl methyl sites for hydroxylation is 2. The first kappa shape index (κ1) is 21.8. The molecule has 0 N–H and O–H groups in total. The smallest absolute Gasteiger partial charge is 0.131 e. The van der Waals surface area contributed by atoms with Crippen LogP contribution in [0.3, 0.4) is 0 Å².